The first-order valence-corrected chi connectivity index (χ1v) is 0. The average molecular weight is 298 g/mol. The molecule has 0 spiro atoms. The number of halogens is 9. The van der Waals surface area contributed by atoms with Gasteiger partial charge in [-0.05, 0) is 0 Å². The fourth-order valence-corrected chi connectivity index (χ4v) is 0. The average Bonchev–Trinajstić information content (AvgIpc) is 0. The van der Waals surface area contributed by atoms with Gasteiger partial charge in [-0.15, -0.1) is 0 Å². The molecular formula is AlF9LiNb. The minimum atomic E-state index is 0. The van der Waals surface area contributed by atoms with Gasteiger partial charge < -0.3 is 42.3 Å². The molecule has 0 aliphatic heterocycles. The molecule has 0 aromatic carbocycles. The van der Waals surface area contributed by atoms with E-state index in [1.807, 2.05) is 0 Å². The summed E-state index contributed by atoms with van der Waals surface area (Å²) in [4.78, 5) is 0. The van der Waals surface area contributed by atoms with Gasteiger partial charge in [-0.25, -0.2) is 0 Å². The number of rotatable bonds is 0. The Morgan fingerprint density at radius 3 is 0.333 bits per heavy atom. The maximum Gasteiger partial charge on any atom is 5.00 e. The fraction of sp³-hybridized carbons (Fsp3) is 0. The van der Waals surface area contributed by atoms with E-state index >= 15 is 0 Å². The van der Waals surface area contributed by atoms with Gasteiger partial charge >= 0.3 is 58.6 Å². The summed E-state index contributed by atoms with van der Waals surface area (Å²) in [6, 6.07) is 0. The van der Waals surface area contributed by atoms with Crippen molar-refractivity contribution in [2.24, 2.45) is 0 Å². The predicted octanol–water partition coefficient (Wildman–Crippen LogP) is -30.3. The van der Waals surface area contributed by atoms with Gasteiger partial charge in [-0.2, -0.15) is 0 Å². The van der Waals surface area contributed by atoms with E-state index in [9.17, 15) is 0 Å². The fourth-order valence-electron chi connectivity index (χ4n) is 0. The van der Waals surface area contributed by atoms with Crippen LogP contribution in [0.1, 0.15) is 0 Å². The molecule has 0 aromatic rings. The van der Waals surface area contributed by atoms with Crippen LogP contribution in [0.4, 0.5) is 0 Å². The quantitative estimate of drug-likeness (QED) is 0.308. The standard InChI is InChI=1S/Al.9FH.Li.Nb/h;9*1H;;/q+3;;;;;;;;;;+1;+5/p-9. The molecule has 0 bridgehead atoms. The zero-order valence-corrected chi connectivity index (χ0v) is 8.78. The molecule has 12 heavy (non-hydrogen) atoms. The summed E-state index contributed by atoms with van der Waals surface area (Å²) in [5, 5.41) is 0. The molecule has 0 aromatic heterocycles. The number of hydrogen-bond acceptors (Lipinski definition) is 0. The van der Waals surface area contributed by atoms with Gasteiger partial charge in [0.1, 0.15) is 0 Å². The van der Waals surface area contributed by atoms with E-state index in [1.54, 1.807) is 0 Å². The predicted molar refractivity (Wildman–Crippen MR) is 5.75 cm³/mol. The van der Waals surface area contributed by atoms with Gasteiger partial charge in [0.05, 0.1) is 0 Å². The molecule has 0 rings (SSSR count). The zero-order valence-electron chi connectivity index (χ0n) is 5.43. The van der Waals surface area contributed by atoms with Gasteiger partial charge in [0.25, 0.3) is 0 Å². The summed E-state index contributed by atoms with van der Waals surface area (Å²) >= 11 is 0. The molecule has 0 fully saturated rings. The van der Waals surface area contributed by atoms with Crippen molar-refractivity contribution in [2.45, 2.75) is 0 Å². The van der Waals surface area contributed by atoms with E-state index in [0.717, 1.165) is 0 Å². The topological polar surface area (TPSA) is 0 Å². The van der Waals surface area contributed by atoms with Crippen LogP contribution in [-0.4, -0.2) is 17.4 Å². The third-order valence-corrected chi connectivity index (χ3v) is 0. The maximum absolute atomic E-state index is 0. The Labute approximate surface area is 101 Å². The molecule has 72 valence electrons. The van der Waals surface area contributed by atoms with Crippen molar-refractivity contribution in [3.05, 3.63) is 0 Å². The van der Waals surface area contributed by atoms with E-state index in [-0.39, 0.29) is 101 Å². The van der Waals surface area contributed by atoms with E-state index < -0.39 is 0 Å². The van der Waals surface area contributed by atoms with Crippen molar-refractivity contribution in [3.8, 4) is 0 Å². The van der Waals surface area contributed by atoms with E-state index in [0.29, 0.717) is 0 Å². The molecule has 0 aliphatic carbocycles. The van der Waals surface area contributed by atoms with Crippen molar-refractivity contribution in [1.82, 2.24) is 0 Å². The molecule has 0 saturated heterocycles. The SMILES string of the molecule is [Al+3].[F-].[F-].[F-].[F-].[F-].[F-].[F-].[F-].[F-].[Li+].[Nb+5]. The second-order valence-electron chi connectivity index (χ2n) is 0. The van der Waals surface area contributed by atoms with E-state index in [4.69, 9.17) is 0 Å². The Hall–Kier alpha value is 1.24. The van der Waals surface area contributed by atoms with Gasteiger partial charge in [-0.1, -0.05) is 0 Å². The first kappa shape index (κ1) is 1290. The normalized spacial score (nSPS) is 0. The Balaban J connectivity index is 0. The van der Waals surface area contributed by atoms with Gasteiger partial charge in [0.2, 0.25) is 0 Å². The minimum Gasteiger partial charge on any atom is -1.00 e. The molecule has 0 atom stereocenters. The van der Waals surface area contributed by atoms with Crippen molar-refractivity contribution in [1.29, 1.82) is 0 Å². The molecule has 0 unspecified atom stereocenters. The minimum absolute atomic E-state index is 0. The molecule has 0 N–H and O–H groups in total. The van der Waals surface area contributed by atoms with Crippen molar-refractivity contribution in [2.75, 3.05) is 0 Å². The summed E-state index contributed by atoms with van der Waals surface area (Å²) in [6.07, 6.45) is 0. The van der Waals surface area contributed by atoms with Crippen LogP contribution in [0.15, 0.2) is 0 Å². The second kappa shape index (κ2) is 1010. The zero-order chi connectivity index (χ0) is 0. The Morgan fingerprint density at radius 2 is 0.333 bits per heavy atom. The van der Waals surface area contributed by atoms with Gasteiger partial charge in [-0.3, -0.25) is 0 Å². The van der Waals surface area contributed by atoms with E-state index in [2.05, 4.69) is 0 Å². The first-order chi connectivity index (χ1) is 0. The smallest absolute Gasteiger partial charge is 1.00 e. The van der Waals surface area contributed by atoms with Crippen LogP contribution >= 0.6 is 0 Å². The molecule has 0 nitrogen and oxygen atoms in total. The Bertz CT molecular complexity index is 14.5. The molecule has 0 aliphatic rings. The summed E-state index contributed by atoms with van der Waals surface area (Å²) in [5.41, 5.74) is 0. The summed E-state index contributed by atoms with van der Waals surface area (Å²) in [5.74, 6) is 0. The van der Waals surface area contributed by atoms with Crippen LogP contribution in [0.3, 0.4) is 0 Å². The van der Waals surface area contributed by atoms with Crippen LogP contribution < -0.4 is 61.2 Å². The largest absolute Gasteiger partial charge is 5.00 e. The van der Waals surface area contributed by atoms with E-state index in [1.165, 1.54) is 0 Å². The van der Waals surface area contributed by atoms with Crippen molar-refractivity contribution in [3.63, 3.8) is 0 Å². The molecular weight excluding hydrogens is 298 g/mol. The second-order valence-corrected chi connectivity index (χ2v) is 0. The van der Waals surface area contributed by atoms with Gasteiger partial charge in [0.15, 0.2) is 0 Å². The first-order valence-electron chi connectivity index (χ1n) is 0. The molecule has 0 amide bonds. The summed E-state index contributed by atoms with van der Waals surface area (Å²) in [6.45, 7) is 0. The van der Waals surface area contributed by atoms with Crippen LogP contribution in [0, 0.1) is 0 Å². The number of hydrogen-bond donors (Lipinski definition) is 0. The molecule has 0 heterocycles. The Morgan fingerprint density at radius 1 is 0.333 bits per heavy atom. The maximum atomic E-state index is 0. The van der Waals surface area contributed by atoms with Crippen LogP contribution in [0.2, 0.25) is 0 Å². The van der Waals surface area contributed by atoms with Crippen molar-refractivity contribution < 1.29 is 83.6 Å². The molecule has 0 radical (unpaired) electrons. The van der Waals surface area contributed by atoms with Crippen LogP contribution in [0.5, 0.6) is 0 Å². The van der Waals surface area contributed by atoms with Crippen LogP contribution in [0.25, 0.3) is 0 Å². The molecule has 0 saturated carbocycles. The third kappa shape index (κ3) is 766. The molecule has 12 heteroatoms. The monoisotopic (exact) mass is 298 g/mol. The Kier molecular flexibility index (Phi) is 108000. The van der Waals surface area contributed by atoms with Crippen LogP contribution in [-0.2, 0) is 22.4 Å². The summed E-state index contributed by atoms with van der Waals surface area (Å²) in [7, 11) is 0. The summed E-state index contributed by atoms with van der Waals surface area (Å²) < 4.78 is 0. The van der Waals surface area contributed by atoms with Crippen molar-refractivity contribution >= 4 is 17.4 Å². The third-order valence-electron chi connectivity index (χ3n) is 0. The van der Waals surface area contributed by atoms with Gasteiger partial charge in [0, 0.05) is 0 Å².